The van der Waals surface area contributed by atoms with Crippen molar-refractivity contribution in [3.63, 3.8) is 0 Å². The third kappa shape index (κ3) is 2.13. The number of hydrogen-bond donors (Lipinski definition) is 2. The minimum absolute atomic E-state index is 0.518. The molecular formula is C20H23NO3. The first kappa shape index (κ1) is 16.5. The van der Waals surface area contributed by atoms with E-state index < -0.39 is 16.8 Å². The highest BCUT2D eigenvalue weighted by Crippen LogP contribution is 2.53. The molecule has 0 aromatic heterocycles. The van der Waals surface area contributed by atoms with E-state index in [1.165, 1.54) is 0 Å². The Labute approximate surface area is 142 Å². The van der Waals surface area contributed by atoms with Crippen LogP contribution < -0.4 is 10.1 Å². The minimum atomic E-state index is -1.13. The highest BCUT2D eigenvalue weighted by Gasteiger charge is 2.56. The fraction of sp³-hybridized carbons (Fsp3) is 0.350. The molecule has 2 N–H and O–H groups in total. The zero-order valence-electron chi connectivity index (χ0n) is 14.5. The van der Waals surface area contributed by atoms with Crippen molar-refractivity contribution in [2.45, 2.75) is 31.6 Å². The smallest absolute Gasteiger partial charge is 0.314 e. The Kier molecular flexibility index (Phi) is 3.88. The van der Waals surface area contributed by atoms with Crippen LogP contribution in [0.5, 0.6) is 11.5 Å². The molecule has 3 rings (SSSR count). The van der Waals surface area contributed by atoms with Crippen molar-refractivity contribution in [2.24, 2.45) is 0 Å². The van der Waals surface area contributed by atoms with Gasteiger partial charge in [0.15, 0.2) is 0 Å². The molecule has 0 fully saturated rings. The lowest BCUT2D eigenvalue weighted by Crippen LogP contribution is -2.54. The number of para-hydroxylation sites is 1. The topological polar surface area (TPSA) is 58.6 Å². The van der Waals surface area contributed by atoms with Crippen LogP contribution in [0.4, 0.5) is 0 Å². The molecule has 0 saturated carbocycles. The Hall–Kier alpha value is -2.33. The van der Waals surface area contributed by atoms with Gasteiger partial charge in [-0.15, -0.1) is 0 Å². The van der Waals surface area contributed by atoms with Gasteiger partial charge in [0, 0.05) is 23.1 Å². The Morgan fingerprint density at radius 3 is 2.46 bits per heavy atom. The summed E-state index contributed by atoms with van der Waals surface area (Å²) >= 11 is 0. The van der Waals surface area contributed by atoms with E-state index in [1.54, 1.807) is 6.92 Å². The second-order valence-electron chi connectivity index (χ2n) is 6.89. The molecule has 1 aliphatic heterocycles. The SMILES string of the molecule is CNC[C@]1(C)c2cc(C)ccc2Oc2ccccc2[C@]1(C)C(=O)O. The molecule has 0 radical (unpaired) electrons. The summed E-state index contributed by atoms with van der Waals surface area (Å²) < 4.78 is 6.15. The van der Waals surface area contributed by atoms with Gasteiger partial charge < -0.3 is 15.2 Å². The number of carbonyl (C=O) groups is 1. The van der Waals surface area contributed by atoms with E-state index in [2.05, 4.69) is 5.32 Å². The number of aryl methyl sites for hydroxylation is 1. The van der Waals surface area contributed by atoms with Gasteiger partial charge in [-0.3, -0.25) is 4.79 Å². The summed E-state index contributed by atoms with van der Waals surface area (Å²) in [6.45, 7) is 6.33. The number of fused-ring (bicyclic) bond motifs is 2. The van der Waals surface area contributed by atoms with E-state index >= 15 is 0 Å². The van der Waals surface area contributed by atoms with Crippen LogP contribution in [0.3, 0.4) is 0 Å². The number of likely N-dealkylation sites (N-methyl/N-ethyl adjacent to an activating group) is 1. The van der Waals surface area contributed by atoms with Crippen molar-refractivity contribution in [3.05, 3.63) is 59.2 Å². The Morgan fingerprint density at radius 1 is 1.12 bits per heavy atom. The van der Waals surface area contributed by atoms with Crippen LogP contribution in [0.2, 0.25) is 0 Å². The van der Waals surface area contributed by atoms with Crippen molar-refractivity contribution in [3.8, 4) is 11.5 Å². The molecule has 0 unspecified atom stereocenters. The van der Waals surface area contributed by atoms with Gasteiger partial charge in [0.25, 0.3) is 0 Å². The second-order valence-corrected chi connectivity index (χ2v) is 6.89. The number of carboxylic acid groups (broad SMARTS) is 1. The molecule has 2 atom stereocenters. The summed E-state index contributed by atoms with van der Waals surface area (Å²) in [6.07, 6.45) is 0. The van der Waals surface area contributed by atoms with Gasteiger partial charge >= 0.3 is 5.97 Å². The largest absolute Gasteiger partial charge is 0.481 e. The van der Waals surface area contributed by atoms with Gasteiger partial charge in [-0.1, -0.05) is 42.8 Å². The molecule has 0 spiro atoms. The summed E-state index contributed by atoms with van der Waals surface area (Å²) in [5.41, 5.74) is 0.883. The minimum Gasteiger partial charge on any atom is -0.481 e. The molecule has 2 aromatic rings. The molecule has 24 heavy (non-hydrogen) atoms. The van der Waals surface area contributed by atoms with Crippen LogP contribution in [0.25, 0.3) is 0 Å². The number of nitrogens with one attached hydrogen (secondary N) is 1. The van der Waals surface area contributed by atoms with Crippen LogP contribution in [0.15, 0.2) is 42.5 Å². The molecule has 126 valence electrons. The zero-order valence-corrected chi connectivity index (χ0v) is 14.5. The first-order valence-electron chi connectivity index (χ1n) is 8.11. The molecule has 0 amide bonds. The summed E-state index contributed by atoms with van der Waals surface area (Å²) in [5, 5.41) is 13.4. The predicted octanol–water partition coefficient (Wildman–Crippen LogP) is 3.62. The fourth-order valence-corrected chi connectivity index (χ4v) is 3.79. The lowest BCUT2D eigenvalue weighted by molar-refractivity contribution is -0.146. The van der Waals surface area contributed by atoms with Crippen molar-refractivity contribution < 1.29 is 14.6 Å². The van der Waals surface area contributed by atoms with Gasteiger partial charge in [0.05, 0.1) is 0 Å². The molecule has 1 aliphatic rings. The third-order valence-corrected chi connectivity index (χ3v) is 5.44. The maximum atomic E-state index is 12.5. The van der Waals surface area contributed by atoms with Gasteiger partial charge in [-0.2, -0.15) is 0 Å². The highest BCUT2D eigenvalue weighted by atomic mass is 16.5. The first-order chi connectivity index (χ1) is 11.3. The van der Waals surface area contributed by atoms with Crippen molar-refractivity contribution in [1.82, 2.24) is 5.32 Å². The van der Waals surface area contributed by atoms with Gasteiger partial charge in [-0.05, 0) is 33.0 Å². The average molecular weight is 325 g/mol. The summed E-state index contributed by atoms with van der Waals surface area (Å²) in [6, 6.07) is 13.4. The number of rotatable bonds is 3. The maximum absolute atomic E-state index is 12.5. The fourth-order valence-electron chi connectivity index (χ4n) is 3.79. The first-order valence-corrected chi connectivity index (χ1v) is 8.11. The monoisotopic (exact) mass is 325 g/mol. The third-order valence-electron chi connectivity index (χ3n) is 5.44. The number of carboxylic acids is 1. The average Bonchev–Trinajstić information content (AvgIpc) is 2.63. The zero-order chi connectivity index (χ0) is 17.5. The highest BCUT2D eigenvalue weighted by molar-refractivity contribution is 5.86. The van der Waals surface area contributed by atoms with E-state index in [1.807, 2.05) is 63.4 Å². The van der Waals surface area contributed by atoms with E-state index in [9.17, 15) is 9.90 Å². The number of ether oxygens (including phenoxy) is 1. The number of benzene rings is 2. The molecule has 4 heteroatoms. The van der Waals surface area contributed by atoms with Crippen LogP contribution in [-0.4, -0.2) is 24.7 Å². The van der Waals surface area contributed by atoms with Crippen molar-refractivity contribution in [2.75, 3.05) is 13.6 Å². The molecular weight excluding hydrogens is 302 g/mol. The molecule has 0 bridgehead atoms. The van der Waals surface area contributed by atoms with Crippen LogP contribution >= 0.6 is 0 Å². The normalized spacial score (nSPS) is 25.2. The Balaban J connectivity index is 2.42. The molecule has 0 saturated heterocycles. The number of hydrogen-bond acceptors (Lipinski definition) is 3. The maximum Gasteiger partial charge on any atom is 0.314 e. The van der Waals surface area contributed by atoms with Crippen molar-refractivity contribution >= 4 is 5.97 Å². The molecule has 0 aliphatic carbocycles. The Morgan fingerprint density at radius 2 is 1.79 bits per heavy atom. The lowest BCUT2D eigenvalue weighted by atomic mass is 9.58. The van der Waals surface area contributed by atoms with E-state index in [-0.39, 0.29) is 0 Å². The standard InChI is InChI=1S/C20H23NO3/c1-13-9-10-17-15(11-13)19(2,12-21-4)20(3,18(22)23)14-7-5-6-8-16(14)24-17/h5-11,21H,12H2,1-4H3,(H,22,23)/t19-,20-/m1/s1. The van der Waals surface area contributed by atoms with Crippen molar-refractivity contribution in [1.29, 1.82) is 0 Å². The van der Waals surface area contributed by atoms with Gasteiger partial charge in [-0.25, -0.2) is 0 Å². The molecule has 2 aromatic carbocycles. The molecule has 4 nitrogen and oxygen atoms in total. The number of aliphatic carboxylic acids is 1. The lowest BCUT2D eigenvalue weighted by Gasteiger charge is -2.43. The van der Waals surface area contributed by atoms with Gasteiger partial charge in [0.1, 0.15) is 16.9 Å². The summed E-state index contributed by atoms with van der Waals surface area (Å²) in [4.78, 5) is 12.5. The second kappa shape index (κ2) is 5.64. The predicted molar refractivity (Wildman–Crippen MR) is 94.0 cm³/mol. The Bertz CT molecular complexity index is 801. The summed E-state index contributed by atoms with van der Waals surface area (Å²) in [7, 11) is 1.85. The van der Waals surface area contributed by atoms with E-state index in [0.717, 1.165) is 16.9 Å². The van der Waals surface area contributed by atoms with Crippen LogP contribution in [0.1, 0.15) is 30.5 Å². The van der Waals surface area contributed by atoms with Gasteiger partial charge in [0.2, 0.25) is 0 Å². The summed E-state index contributed by atoms with van der Waals surface area (Å²) in [5.74, 6) is 0.466. The van der Waals surface area contributed by atoms with Crippen LogP contribution in [-0.2, 0) is 15.6 Å². The van der Waals surface area contributed by atoms with E-state index in [4.69, 9.17) is 4.74 Å². The molecule has 1 heterocycles. The quantitative estimate of drug-likeness (QED) is 0.905. The van der Waals surface area contributed by atoms with Crippen LogP contribution in [0, 0.1) is 6.92 Å². The van der Waals surface area contributed by atoms with E-state index in [0.29, 0.717) is 17.9 Å².